The maximum atomic E-state index is 12.5. The molecule has 0 amide bonds. The average Bonchev–Trinajstić information content (AvgIpc) is 3.04. The van der Waals surface area contributed by atoms with Gasteiger partial charge in [0.25, 0.3) is 0 Å². The molecule has 0 spiro atoms. The van der Waals surface area contributed by atoms with Crippen LogP contribution in [0.1, 0.15) is 5.56 Å². The molecule has 12 nitrogen and oxygen atoms in total. The van der Waals surface area contributed by atoms with Gasteiger partial charge in [0.2, 0.25) is 5.75 Å². The van der Waals surface area contributed by atoms with Gasteiger partial charge >= 0.3 is 0 Å². The van der Waals surface area contributed by atoms with E-state index in [-0.39, 0.29) is 63.1 Å². The quantitative estimate of drug-likeness (QED) is 0.148. The molecule has 0 saturated carbocycles. The number of fused-ring (bicyclic) bond motifs is 2. The largest absolute Gasteiger partial charge is 0.508 e. The molecule has 4 N–H and O–H groups in total. The van der Waals surface area contributed by atoms with Gasteiger partial charge in [0.05, 0.1) is 14.2 Å². The lowest BCUT2D eigenvalue weighted by molar-refractivity contribution is 0.0511. The van der Waals surface area contributed by atoms with E-state index in [1.54, 1.807) is 56.5 Å². The monoisotopic (exact) mass is 642 g/mol. The zero-order chi connectivity index (χ0) is 33.8. The van der Waals surface area contributed by atoms with Crippen LogP contribution in [-0.4, -0.2) is 48.5 Å². The summed E-state index contributed by atoms with van der Waals surface area (Å²) in [6.45, 7) is 1.93. The molecule has 0 aliphatic rings. The molecule has 0 saturated heterocycles. The molecule has 0 bridgehead atoms. The van der Waals surface area contributed by atoms with E-state index in [1.807, 2.05) is 0 Å². The number of rotatable bonds is 7. The second kappa shape index (κ2) is 13.5. The van der Waals surface area contributed by atoms with Crippen molar-refractivity contribution in [3.8, 4) is 62.9 Å². The van der Waals surface area contributed by atoms with Gasteiger partial charge < -0.3 is 48.2 Å². The summed E-state index contributed by atoms with van der Waals surface area (Å²) in [6, 6.07) is 18.6. The van der Waals surface area contributed by atoms with Crippen LogP contribution >= 0.6 is 0 Å². The molecule has 2 heterocycles. The molecular formula is C35H30O12. The summed E-state index contributed by atoms with van der Waals surface area (Å²) in [7, 11) is 4.26. The van der Waals surface area contributed by atoms with Crippen molar-refractivity contribution in [2.24, 2.45) is 0 Å². The standard InChI is InChI=1S/C19H18O6.C16H12O6/c1-11-8-16-17(18(21)19(11)23-3)14(20)9-15(25-16)12-4-6-13(7-5-12)24-10-22-2;1-21-16-11(19)7-13-14(15(16)20)10(18)6-12(22-13)8-2-4-9(17)5-3-8/h4-9,21H,10H2,1-3H3;2-7,17,19-20H,1H3. The average molecular weight is 643 g/mol. The minimum Gasteiger partial charge on any atom is -0.508 e. The number of hydrogen-bond donors (Lipinski definition) is 4. The van der Waals surface area contributed by atoms with Crippen molar-refractivity contribution in [1.82, 2.24) is 0 Å². The Kier molecular flexibility index (Phi) is 9.24. The molecular weight excluding hydrogens is 612 g/mol. The first kappa shape index (κ1) is 32.3. The molecule has 0 aliphatic carbocycles. The Bertz CT molecular complexity index is 2180. The summed E-state index contributed by atoms with van der Waals surface area (Å²) >= 11 is 0. The Morgan fingerprint density at radius 1 is 0.638 bits per heavy atom. The van der Waals surface area contributed by atoms with Crippen molar-refractivity contribution in [3.05, 3.63) is 98.8 Å². The predicted octanol–water partition coefficient (Wildman–Crippen LogP) is 6.05. The SMILES string of the molecule is COCOc1ccc(-c2cc(=O)c3c(O)c(OC)c(C)cc3o2)cc1.COc1c(O)cc2oc(-c3ccc(O)cc3)cc(=O)c2c1O. The first-order valence-corrected chi connectivity index (χ1v) is 14.0. The zero-order valence-electron chi connectivity index (χ0n) is 25.7. The van der Waals surface area contributed by atoms with Gasteiger partial charge in [-0.3, -0.25) is 9.59 Å². The van der Waals surface area contributed by atoms with Crippen molar-refractivity contribution in [2.75, 3.05) is 28.1 Å². The summed E-state index contributed by atoms with van der Waals surface area (Å²) < 4.78 is 31.6. The predicted molar refractivity (Wildman–Crippen MR) is 173 cm³/mol. The fraction of sp³-hybridized carbons (Fsp3) is 0.143. The van der Waals surface area contributed by atoms with Crippen LogP contribution in [-0.2, 0) is 4.74 Å². The van der Waals surface area contributed by atoms with Gasteiger partial charge in [-0.05, 0) is 67.1 Å². The fourth-order valence-electron chi connectivity index (χ4n) is 4.89. The van der Waals surface area contributed by atoms with E-state index in [0.29, 0.717) is 28.2 Å². The number of phenols is 4. The van der Waals surface area contributed by atoms with E-state index < -0.39 is 11.2 Å². The highest BCUT2D eigenvalue weighted by Gasteiger charge is 2.19. The fourth-order valence-corrected chi connectivity index (χ4v) is 4.89. The Morgan fingerprint density at radius 2 is 1.13 bits per heavy atom. The topological polar surface area (TPSA) is 178 Å². The van der Waals surface area contributed by atoms with E-state index in [1.165, 1.54) is 44.6 Å². The maximum Gasteiger partial charge on any atom is 0.203 e. The Morgan fingerprint density at radius 3 is 1.64 bits per heavy atom. The number of benzene rings is 4. The zero-order valence-corrected chi connectivity index (χ0v) is 25.7. The molecule has 0 unspecified atom stereocenters. The Hall–Kier alpha value is -6.14. The van der Waals surface area contributed by atoms with Crippen LogP contribution in [0.25, 0.3) is 44.6 Å². The third-order valence-electron chi connectivity index (χ3n) is 7.10. The van der Waals surface area contributed by atoms with Crippen molar-refractivity contribution in [3.63, 3.8) is 0 Å². The molecule has 12 heteroatoms. The smallest absolute Gasteiger partial charge is 0.203 e. The van der Waals surface area contributed by atoms with Crippen LogP contribution < -0.4 is 25.1 Å². The summed E-state index contributed by atoms with van der Waals surface area (Å²) in [6.07, 6.45) is 0. The van der Waals surface area contributed by atoms with Gasteiger partial charge in [0.1, 0.15) is 45.0 Å². The Labute approximate surface area is 266 Å². The summed E-state index contributed by atoms with van der Waals surface area (Å²) in [4.78, 5) is 24.7. The van der Waals surface area contributed by atoms with Gasteiger partial charge in [0, 0.05) is 36.4 Å². The van der Waals surface area contributed by atoms with Crippen molar-refractivity contribution >= 4 is 21.9 Å². The van der Waals surface area contributed by atoms with E-state index in [4.69, 9.17) is 27.8 Å². The van der Waals surface area contributed by atoms with E-state index in [0.717, 1.165) is 5.56 Å². The number of methoxy groups -OCH3 is 3. The van der Waals surface area contributed by atoms with Crippen molar-refractivity contribution in [1.29, 1.82) is 0 Å². The van der Waals surface area contributed by atoms with Crippen LogP contribution in [0.2, 0.25) is 0 Å². The van der Waals surface area contributed by atoms with Gasteiger partial charge in [0.15, 0.2) is 40.6 Å². The molecule has 4 aromatic carbocycles. The summed E-state index contributed by atoms with van der Waals surface area (Å²) in [5, 5.41) is 39.4. The molecule has 0 fully saturated rings. The number of aromatic hydroxyl groups is 4. The lowest BCUT2D eigenvalue weighted by atomic mass is 10.1. The van der Waals surface area contributed by atoms with E-state index in [2.05, 4.69) is 0 Å². The first-order chi connectivity index (χ1) is 22.6. The minimum absolute atomic E-state index is 0.0337. The van der Waals surface area contributed by atoms with Crippen molar-refractivity contribution in [2.45, 2.75) is 6.92 Å². The maximum absolute atomic E-state index is 12.5. The number of phenolic OH excluding ortho intramolecular Hbond substituents is 4. The second-order valence-electron chi connectivity index (χ2n) is 10.2. The normalized spacial score (nSPS) is 10.8. The van der Waals surface area contributed by atoms with Crippen LogP contribution in [0.3, 0.4) is 0 Å². The lowest BCUT2D eigenvalue weighted by Gasteiger charge is -2.10. The van der Waals surface area contributed by atoms with Crippen LogP contribution in [0.5, 0.6) is 40.2 Å². The third-order valence-corrected chi connectivity index (χ3v) is 7.10. The molecule has 0 aliphatic heterocycles. The second-order valence-corrected chi connectivity index (χ2v) is 10.2. The van der Waals surface area contributed by atoms with Gasteiger partial charge in [-0.15, -0.1) is 0 Å². The number of aryl methyl sites for hydroxylation is 1. The van der Waals surface area contributed by atoms with Gasteiger partial charge in [-0.2, -0.15) is 0 Å². The van der Waals surface area contributed by atoms with Gasteiger partial charge in [-0.25, -0.2) is 0 Å². The van der Waals surface area contributed by atoms with E-state index in [9.17, 15) is 30.0 Å². The number of ether oxygens (including phenoxy) is 4. The molecule has 47 heavy (non-hydrogen) atoms. The highest BCUT2D eigenvalue weighted by molar-refractivity contribution is 5.90. The molecule has 0 radical (unpaired) electrons. The first-order valence-electron chi connectivity index (χ1n) is 14.0. The molecule has 6 rings (SSSR count). The van der Waals surface area contributed by atoms with Crippen molar-refractivity contribution < 1.29 is 48.2 Å². The highest BCUT2D eigenvalue weighted by atomic mass is 16.7. The summed E-state index contributed by atoms with van der Waals surface area (Å²) in [5.41, 5.74) is 1.50. The third kappa shape index (κ3) is 6.49. The molecule has 242 valence electrons. The molecule has 2 aromatic heterocycles. The minimum atomic E-state index is -0.472. The summed E-state index contributed by atoms with van der Waals surface area (Å²) in [5.74, 6) is 0.465. The van der Waals surface area contributed by atoms with Crippen LogP contribution in [0.4, 0.5) is 0 Å². The van der Waals surface area contributed by atoms with E-state index >= 15 is 0 Å². The lowest BCUT2D eigenvalue weighted by Crippen LogP contribution is -2.02. The van der Waals surface area contributed by atoms with Crippen LogP contribution in [0, 0.1) is 6.92 Å². The number of hydrogen-bond acceptors (Lipinski definition) is 12. The molecule has 0 atom stereocenters. The molecule has 6 aromatic rings. The highest BCUT2D eigenvalue weighted by Crippen LogP contribution is 2.41. The Balaban J connectivity index is 0.000000186. The van der Waals surface area contributed by atoms with Crippen LogP contribution in [0.15, 0.2) is 91.2 Å². The van der Waals surface area contributed by atoms with Gasteiger partial charge in [-0.1, -0.05) is 0 Å².